The van der Waals surface area contributed by atoms with Gasteiger partial charge >= 0.3 is 5.97 Å². The molecule has 0 fully saturated rings. The second-order valence-corrected chi connectivity index (χ2v) is 3.32. The number of carbonyl (C=O) groups excluding carboxylic acids is 1. The summed E-state index contributed by atoms with van der Waals surface area (Å²) in [6, 6.07) is 7.05. The molecule has 0 aromatic heterocycles. The van der Waals surface area contributed by atoms with E-state index >= 15 is 0 Å². The average Bonchev–Trinajstić information content (AvgIpc) is 2.30. The number of rotatable bonds is 5. The van der Waals surface area contributed by atoms with Crippen molar-refractivity contribution < 1.29 is 14.3 Å². The predicted octanol–water partition coefficient (Wildman–Crippen LogP) is 2.06. The van der Waals surface area contributed by atoms with E-state index in [1.807, 2.05) is 24.3 Å². The third-order valence-corrected chi connectivity index (χ3v) is 2.12. The number of methoxy groups -OCH3 is 1. The Morgan fingerprint density at radius 2 is 2.12 bits per heavy atom. The highest BCUT2D eigenvalue weighted by Gasteiger charge is 2.14. The molecule has 0 aliphatic carbocycles. The first-order chi connectivity index (χ1) is 7.69. The monoisotopic (exact) mass is 223 g/mol. The van der Waals surface area contributed by atoms with Crippen LogP contribution in [0.15, 0.2) is 24.3 Å². The van der Waals surface area contributed by atoms with E-state index in [0.717, 1.165) is 5.69 Å². The summed E-state index contributed by atoms with van der Waals surface area (Å²) in [7, 11) is 1.59. The predicted molar refractivity (Wildman–Crippen MR) is 62.7 cm³/mol. The summed E-state index contributed by atoms with van der Waals surface area (Å²) in [6.45, 7) is 3.93. The van der Waals surface area contributed by atoms with Gasteiger partial charge in [0, 0.05) is 0 Å². The number of carbonyl (C=O) groups is 1. The van der Waals surface area contributed by atoms with Crippen molar-refractivity contribution in [3.63, 3.8) is 0 Å². The molecule has 0 unspecified atom stereocenters. The molecule has 1 aromatic carbocycles. The summed E-state index contributed by atoms with van der Waals surface area (Å²) >= 11 is 0. The maximum absolute atomic E-state index is 11.4. The van der Waals surface area contributed by atoms with E-state index in [1.165, 1.54) is 0 Å². The summed E-state index contributed by atoms with van der Waals surface area (Å²) in [5.41, 5.74) is 0.783. The molecule has 0 amide bonds. The Balaban J connectivity index is 2.68. The van der Waals surface area contributed by atoms with Crippen LogP contribution in [0.4, 0.5) is 5.69 Å². The van der Waals surface area contributed by atoms with Crippen LogP contribution in [0.3, 0.4) is 0 Å². The minimum absolute atomic E-state index is 0.270. The zero-order valence-corrected chi connectivity index (χ0v) is 9.82. The summed E-state index contributed by atoms with van der Waals surface area (Å²) in [6.07, 6.45) is 0. The summed E-state index contributed by atoms with van der Waals surface area (Å²) in [4.78, 5) is 11.4. The van der Waals surface area contributed by atoms with Gasteiger partial charge in [0.05, 0.1) is 19.4 Å². The Morgan fingerprint density at radius 3 is 2.75 bits per heavy atom. The molecule has 1 atom stereocenters. The van der Waals surface area contributed by atoms with Crippen molar-refractivity contribution in [1.82, 2.24) is 0 Å². The topological polar surface area (TPSA) is 47.6 Å². The molecule has 0 bridgehead atoms. The smallest absolute Gasteiger partial charge is 0.328 e. The van der Waals surface area contributed by atoms with Crippen LogP contribution in [0.2, 0.25) is 0 Å². The number of benzene rings is 1. The maximum Gasteiger partial charge on any atom is 0.328 e. The van der Waals surface area contributed by atoms with Crippen LogP contribution in [-0.4, -0.2) is 25.7 Å². The fourth-order valence-corrected chi connectivity index (χ4v) is 1.32. The Hall–Kier alpha value is -1.71. The first-order valence-corrected chi connectivity index (χ1v) is 5.25. The minimum atomic E-state index is -0.392. The number of anilines is 1. The molecule has 0 heterocycles. The third kappa shape index (κ3) is 3.15. The van der Waals surface area contributed by atoms with Gasteiger partial charge in [0.15, 0.2) is 0 Å². The summed E-state index contributed by atoms with van der Waals surface area (Å²) in [5, 5.41) is 3.05. The van der Waals surface area contributed by atoms with Crippen molar-refractivity contribution in [2.75, 3.05) is 19.0 Å². The molecule has 0 radical (unpaired) electrons. The molecule has 0 aliphatic heterocycles. The quantitative estimate of drug-likeness (QED) is 0.776. The molecule has 0 aliphatic rings. The van der Waals surface area contributed by atoms with Crippen molar-refractivity contribution in [3.8, 4) is 5.75 Å². The molecule has 1 rings (SSSR count). The standard InChI is InChI=1S/C12H17NO3/c1-4-16-12(14)9(2)13-10-7-5-6-8-11(10)15-3/h5-9,13H,4H2,1-3H3/t9-/m0/s1. The van der Waals surface area contributed by atoms with E-state index < -0.39 is 6.04 Å². The first kappa shape index (κ1) is 12.4. The lowest BCUT2D eigenvalue weighted by Crippen LogP contribution is -2.28. The lowest BCUT2D eigenvalue weighted by molar-refractivity contribution is -0.143. The Morgan fingerprint density at radius 1 is 1.44 bits per heavy atom. The van der Waals surface area contributed by atoms with Crippen LogP contribution in [-0.2, 0) is 9.53 Å². The van der Waals surface area contributed by atoms with E-state index in [0.29, 0.717) is 12.4 Å². The highest BCUT2D eigenvalue weighted by molar-refractivity contribution is 5.79. The van der Waals surface area contributed by atoms with E-state index in [9.17, 15) is 4.79 Å². The second-order valence-electron chi connectivity index (χ2n) is 3.32. The van der Waals surface area contributed by atoms with Gasteiger partial charge in [0.25, 0.3) is 0 Å². The number of esters is 1. The third-order valence-electron chi connectivity index (χ3n) is 2.12. The normalized spacial score (nSPS) is 11.7. The van der Waals surface area contributed by atoms with Crippen LogP contribution in [0.25, 0.3) is 0 Å². The van der Waals surface area contributed by atoms with Gasteiger partial charge in [-0.3, -0.25) is 0 Å². The number of para-hydroxylation sites is 2. The molecule has 16 heavy (non-hydrogen) atoms. The average molecular weight is 223 g/mol. The van der Waals surface area contributed by atoms with Gasteiger partial charge in [-0.2, -0.15) is 0 Å². The van der Waals surface area contributed by atoms with Gasteiger partial charge in [0.1, 0.15) is 11.8 Å². The number of ether oxygens (including phenoxy) is 2. The molecule has 1 aromatic rings. The number of hydrogen-bond acceptors (Lipinski definition) is 4. The Bertz CT molecular complexity index is 352. The van der Waals surface area contributed by atoms with Gasteiger partial charge in [-0.05, 0) is 26.0 Å². The van der Waals surface area contributed by atoms with E-state index in [2.05, 4.69) is 5.32 Å². The lowest BCUT2D eigenvalue weighted by atomic mass is 10.2. The molecule has 4 nitrogen and oxygen atoms in total. The molecule has 1 N–H and O–H groups in total. The Kier molecular flexibility index (Phi) is 4.64. The van der Waals surface area contributed by atoms with Crippen LogP contribution in [0, 0.1) is 0 Å². The molecule has 4 heteroatoms. The van der Waals surface area contributed by atoms with Crippen LogP contribution < -0.4 is 10.1 Å². The largest absolute Gasteiger partial charge is 0.495 e. The Labute approximate surface area is 95.6 Å². The van der Waals surface area contributed by atoms with Gasteiger partial charge in [-0.1, -0.05) is 12.1 Å². The molecule has 88 valence electrons. The van der Waals surface area contributed by atoms with Crippen molar-refractivity contribution in [2.45, 2.75) is 19.9 Å². The van der Waals surface area contributed by atoms with E-state index in [-0.39, 0.29) is 5.97 Å². The van der Waals surface area contributed by atoms with Crippen molar-refractivity contribution in [1.29, 1.82) is 0 Å². The van der Waals surface area contributed by atoms with Crippen molar-refractivity contribution in [2.24, 2.45) is 0 Å². The lowest BCUT2D eigenvalue weighted by Gasteiger charge is -2.15. The van der Waals surface area contributed by atoms with Gasteiger partial charge in [-0.25, -0.2) is 4.79 Å². The molecular weight excluding hydrogens is 206 g/mol. The van der Waals surface area contributed by atoms with Crippen molar-refractivity contribution >= 4 is 11.7 Å². The van der Waals surface area contributed by atoms with Crippen LogP contribution in [0.5, 0.6) is 5.75 Å². The van der Waals surface area contributed by atoms with Gasteiger partial charge in [-0.15, -0.1) is 0 Å². The molecule has 0 saturated carbocycles. The molecule has 0 spiro atoms. The van der Waals surface area contributed by atoms with Gasteiger partial charge < -0.3 is 14.8 Å². The minimum Gasteiger partial charge on any atom is -0.495 e. The molecular formula is C12H17NO3. The van der Waals surface area contributed by atoms with Gasteiger partial charge in [0.2, 0.25) is 0 Å². The van der Waals surface area contributed by atoms with E-state index in [1.54, 1.807) is 21.0 Å². The highest BCUT2D eigenvalue weighted by Crippen LogP contribution is 2.23. The maximum atomic E-state index is 11.4. The summed E-state index contributed by atoms with van der Waals surface area (Å²) < 4.78 is 10.1. The fourth-order valence-electron chi connectivity index (χ4n) is 1.32. The first-order valence-electron chi connectivity index (χ1n) is 5.25. The van der Waals surface area contributed by atoms with Crippen molar-refractivity contribution in [3.05, 3.63) is 24.3 Å². The fraction of sp³-hybridized carbons (Fsp3) is 0.417. The zero-order valence-electron chi connectivity index (χ0n) is 9.82. The van der Waals surface area contributed by atoms with E-state index in [4.69, 9.17) is 9.47 Å². The second kappa shape index (κ2) is 6.00. The summed E-state index contributed by atoms with van der Waals surface area (Å²) in [5.74, 6) is 0.437. The number of hydrogen-bond donors (Lipinski definition) is 1. The zero-order chi connectivity index (χ0) is 12.0. The highest BCUT2D eigenvalue weighted by atomic mass is 16.5. The SMILES string of the molecule is CCOC(=O)[C@H](C)Nc1ccccc1OC. The van der Waals surface area contributed by atoms with Crippen LogP contribution >= 0.6 is 0 Å². The van der Waals surface area contributed by atoms with Crippen LogP contribution in [0.1, 0.15) is 13.8 Å². The molecule has 0 saturated heterocycles. The number of nitrogens with one attached hydrogen (secondary N) is 1.